The number of aliphatic hydroxyl groups excluding tert-OH is 1. The molecule has 33 heavy (non-hydrogen) atoms. The number of carbonyl (C=O) groups is 2. The highest BCUT2D eigenvalue weighted by molar-refractivity contribution is 6.51. The smallest absolute Gasteiger partial charge is 0.300 e. The number of hydrogen-bond acceptors (Lipinski definition) is 5. The molecule has 2 heterocycles. The van der Waals surface area contributed by atoms with Gasteiger partial charge in [-0.05, 0) is 24.6 Å². The van der Waals surface area contributed by atoms with Crippen LogP contribution in [0.5, 0.6) is 0 Å². The second-order valence-electron chi connectivity index (χ2n) is 8.11. The summed E-state index contributed by atoms with van der Waals surface area (Å²) >= 11 is 0. The lowest BCUT2D eigenvalue weighted by molar-refractivity contribution is -0.132. The first-order valence-electron chi connectivity index (χ1n) is 10.8. The van der Waals surface area contributed by atoms with Gasteiger partial charge in [0.25, 0.3) is 11.7 Å². The average Bonchev–Trinajstić information content (AvgIpc) is 3.47. The molecule has 5 rings (SSSR count). The highest BCUT2D eigenvalue weighted by atomic mass is 16.7. The Hall–Kier alpha value is -3.74. The van der Waals surface area contributed by atoms with Crippen molar-refractivity contribution in [2.24, 2.45) is 0 Å². The number of hydrogen-bond donors (Lipinski definition) is 1. The number of amides is 1. The van der Waals surface area contributed by atoms with Crippen LogP contribution in [-0.2, 0) is 19.1 Å². The van der Waals surface area contributed by atoms with Gasteiger partial charge in [0.1, 0.15) is 5.76 Å². The summed E-state index contributed by atoms with van der Waals surface area (Å²) in [5.41, 5.74) is 3.71. The number of rotatable bonds is 4. The summed E-state index contributed by atoms with van der Waals surface area (Å²) in [6.07, 6.45) is -0.430. The third kappa shape index (κ3) is 3.84. The minimum Gasteiger partial charge on any atom is -0.507 e. The molecule has 1 atom stereocenters. The van der Waals surface area contributed by atoms with E-state index in [4.69, 9.17) is 9.47 Å². The first-order valence-corrected chi connectivity index (χ1v) is 10.8. The minimum atomic E-state index is -0.752. The van der Waals surface area contributed by atoms with E-state index in [1.54, 1.807) is 24.3 Å². The van der Waals surface area contributed by atoms with E-state index >= 15 is 0 Å². The predicted octanol–water partition coefficient (Wildman–Crippen LogP) is 4.67. The number of nitrogens with zero attached hydrogens (tertiary/aromatic N) is 1. The zero-order chi connectivity index (χ0) is 22.9. The summed E-state index contributed by atoms with van der Waals surface area (Å²) in [6.45, 7) is 3.01. The lowest BCUT2D eigenvalue weighted by Gasteiger charge is -2.25. The molecule has 2 saturated heterocycles. The number of ketones is 1. The molecule has 0 radical (unpaired) electrons. The van der Waals surface area contributed by atoms with Gasteiger partial charge in [-0.1, -0.05) is 72.3 Å². The Bertz CT molecular complexity index is 1210. The first kappa shape index (κ1) is 21.1. The molecule has 0 aliphatic carbocycles. The molecule has 1 N–H and O–H groups in total. The number of carbonyl (C=O) groups excluding carboxylic acids is 2. The molecule has 166 valence electrons. The summed E-state index contributed by atoms with van der Waals surface area (Å²) in [7, 11) is 0. The zero-order valence-corrected chi connectivity index (χ0v) is 18.1. The van der Waals surface area contributed by atoms with Gasteiger partial charge in [-0.25, -0.2) is 0 Å². The third-order valence-electron chi connectivity index (χ3n) is 5.95. The number of aliphatic hydroxyl groups is 1. The van der Waals surface area contributed by atoms with E-state index in [1.807, 2.05) is 61.5 Å². The molecule has 1 unspecified atom stereocenters. The van der Waals surface area contributed by atoms with E-state index in [9.17, 15) is 14.7 Å². The maximum absolute atomic E-state index is 13.2. The van der Waals surface area contributed by atoms with Crippen molar-refractivity contribution >= 4 is 23.1 Å². The van der Waals surface area contributed by atoms with Crippen molar-refractivity contribution in [2.75, 3.05) is 18.1 Å². The molecular weight excluding hydrogens is 418 g/mol. The molecule has 6 nitrogen and oxygen atoms in total. The number of Topliss-reactive ketones (excluding diaryl/α,β-unsaturated/α-hetero) is 1. The quantitative estimate of drug-likeness (QED) is 0.362. The molecule has 2 aliphatic rings. The Balaban J connectivity index is 1.61. The Kier molecular flexibility index (Phi) is 5.54. The molecule has 0 saturated carbocycles. The van der Waals surface area contributed by atoms with Crippen LogP contribution in [0.1, 0.15) is 34.6 Å². The zero-order valence-electron chi connectivity index (χ0n) is 18.1. The fraction of sp³-hybridized carbons (Fsp3) is 0.185. The van der Waals surface area contributed by atoms with Crippen molar-refractivity contribution in [2.45, 2.75) is 19.3 Å². The average molecular weight is 441 g/mol. The van der Waals surface area contributed by atoms with Crippen LogP contribution in [-0.4, -0.2) is 30.0 Å². The maximum Gasteiger partial charge on any atom is 0.300 e. The fourth-order valence-electron chi connectivity index (χ4n) is 4.26. The number of anilines is 1. The second kappa shape index (κ2) is 8.65. The van der Waals surface area contributed by atoms with Gasteiger partial charge in [0.15, 0.2) is 6.29 Å². The van der Waals surface area contributed by atoms with E-state index in [1.165, 1.54) is 4.90 Å². The number of benzene rings is 3. The molecule has 0 aromatic heterocycles. The van der Waals surface area contributed by atoms with E-state index in [0.29, 0.717) is 24.5 Å². The highest BCUT2D eigenvalue weighted by Crippen LogP contribution is 2.42. The van der Waals surface area contributed by atoms with E-state index in [2.05, 4.69) is 0 Å². The highest BCUT2D eigenvalue weighted by Gasteiger charge is 2.46. The van der Waals surface area contributed by atoms with Gasteiger partial charge in [0, 0.05) is 16.8 Å². The number of aryl methyl sites for hydroxylation is 1. The Morgan fingerprint density at radius 3 is 2.12 bits per heavy atom. The van der Waals surface area contributed by atoms with Gasteiger partial charge >= 0.3 is 0 Å². The summed E-state index contributed by atoms with van der Waals surface area (Å²) < 4.78 is 11.1. The van der Waals surface area contributed by atoms with Crippen LogP contribution in [0.15, 0.2) is 84.4 Å². The molecule has 0 bridgehead atoms. The lowest BCUT2D eigenvalue weighted by Crippen LogP contribution is -2.29. The van der Waals surface area contributed by atoms with Gasteiger partial charge in [-0.15, -0.1) is 0 Å². The molecule has 3 aromatic rings. The van der Waals surface area contributed by atoms with Crippen LogP contribution in [0.25, 0.3) is 5.76 Å². The third-order valence-corrected chi connectivity index (χ3v) is 5.95. The lowest BCUT2D eigenvalue weighted by atomic mass is 9.95. The van der Waals surface area contributed by atoms with Gasteiger partial charge in [-0.3, -0.25) is 14.5 Å². The molecule has 1 amide bonds. The van der Waals surface area contributed by atoms with Gasteiger partial charge in [0.2, 0.25) is 0 Å². The summed E-state index contributed by atoms with van der Waals surface area (Å²) in [5.74, 6) is -1.58. The van der Waals surface area contributed by atoms with Crippen LogP contribution < -0.4 is 4.90 Å². The molecule has 2 aliphatic heterocycles. The summed E-state index contributed by atoms with van der Waals surface area (Å²) in [6, 6.07) is 22.9. The SMILES string of the molecule is Cc1ccc(C(O)=C2C(=O)C(=O)N(c3ccc(C4OCCO4)cc3)C2c2ccccc2)cc1. The van der Waals surface area contributed by atoms with Gasteiger partial charge in [0.05, 0.1) is 24.8 Å². The van der Waals surface area contributed by atoms with Crippen molar-refractivity contribution in [1.82, 2.24) is 0 Å². The second-order valence-corrected chi connectivity index (χ2v) is 8.11. The van der Waals surface area contributed by atoms with Crippen LogP contribution in [0.4, 0.5) is 5.69 Å². The Morgan fingerprint density at radius 1 is 0.848 bits per heavy atom. The molecule has 2 fully saturated rings. The monoisotopic (exact) mass is 441 g/mol. The maximum atomic E-state index is 13.2. The van der Waals surface area contributed by atoms with Crippen LogP contribution >= 0.6 is 0 Å². The van der Waals surface area contributed by atoms with E-state index in [0.717, 1.165) is 16.7 Å². The van der Waals surface area contributed by atoms with Crippen molar-refractivity contribution in [3.05, 3.63) is 107 Å². The van der Waals surface area contributed by atoms with Crippen LogP contribution in [0.3, 0.4) is 0 Å². The van der Waals surface area contributed by atoms with Crippen molar-refractivity contribution in [3.63, 3.8) is 0 Å². The van der Waals surface area contributed by atoms with Crippen molar-refractivity contribution < 1.29 is 24.2 Å². The molecule has 3 aromatic carbocycles. The summed E-state index contributed by atoms with van der Waals surface area (Å²) in [5, 5.41) is 11.1. The largest absolute Gasteiger partial charge is 0.507 e. The number of ether oxygens (including phenoxy) is 2. The Morgan fingerprint density at radius 2 is 1.48 bits per heavy atom. The topological polar surface area (TPSA) is 76.1 Å². The first-order chi connectivity index (χ1) is 16.0. The Labute approximate surface area is 191 Å². The molecular formula is C27H23NO5. The predicted molar refractivity (Wildman–Crippen MR) is 123 cm³/mol. The molecule has 0 spiro atoms. The van der Waals surface area contributed by atoms with Crippen molar-refractivity contribution in [3.8, 4) is 0 Å². The minimum absolute atomic E-state index is 0.0709. The van der Waals surface area contributed by atoms with E-state index in [-0.39, 0.29) is 11.3 Å². The standard InChI is InChI=1S/C27H23NO5/c1-17-7-9-19(10-8-17)24(29)22-23(18-5-3-2-4-6-18)28(26(31)25(22)30)21-13-11-20(12-14-21)27-32-15-16-33-27/h2-14,23,27,29H,15-16H2,1H3. The normalized spacial score (nSPS) is 20.5. The van der Waals surface area contributed by atoms with Crippen LogP contribution in [0, 0.1) is 6.92 Å². The van der Waals surface area contributed by atoms with Gasteiger partial charge < -0.3 is 14.6 Å². The van der Waals surface area contributed by atoms with Crippen LogP contribution in [0.2, 0.25) is 0 Å². The van der Waals surface area contributed by atoms with Crippen molar-refractivity contribution in [1.29, 1.82) is 0 Å². The fourth-order valence-corrected chi connectivity index (χ4v) is 4.26. The molecule has 6 heteroatoms. The summed E-state index contributed by atoms with van der Waals surface area (Å²) in [4.78, 5) is 27.8. The van der Waals surface area contributed by atoms with E-state index < -0.39 is 24.0 Å². The van der Waals surface area contributed by atoms with Gasteiger partial charge in [-0.2, -0.15) is 0 Å².